The maximum Gasteiger partial charge on any atom is 0.271 e. The van der Waals surface area contributed by atoms with Gasteiger partial charge in [0.2, 0.25) is 5.75 Å². The van der Waals surface area contributed by atoms with E-state index >= 15 is 0 Å². The van der Waals surface area contributed by atoms with Gasteiger partial charge < -0.3 is 14.2 Å². The summed E-state index contributed by atoms with van der Waals surface area (Å²) in [6, 6.07) is 42.5. The van der Waals surface area contributed by atoms with Crippen LogP contribution in [0.5, 0.6) is 17.2 Å². The molecule has 42 heavy (non-hydrogen) atoms. The molecule has 5 rings (SSSR count). The molecule has 0 heterocycles. The first-order chi connectivity index (χ1) is 20.7. The van der Waals surface area contributed by atoms with Crippen LogP contribution in [-0.4, -0.2) is 11.6 Å². The highest BCUT2D eigenvalue weighted by atomic mass is 16.5. The molecule has 5 aromatic carbocycles. The summed E-state index contributed by atoms with van der Waals surface area (Å²) in [5, 5.41) is 4.32. The molecule has 0 aliphatic rings. The predicted octanol–water partition coefficient (Wildman–Crippen LogP) is 7.58. The number of amides is 1. The maximum atomic E-state index is 13.4. The minimum absolute atomic E-state index is 0.289. The molecule has 0 saturated heterocycles. The molecule has 0 aliphatic heterocycles. The molecular weight excluding hydrogens is 524 g/mol. The maximum absolute atomic E-state index is 13.4. The van der Waals surface area contributed by atoms with E-state index in [0.717, 1.165) is 22.3 Å². The second-order valence-electron chi connectivity index (χ2n) is 9.63. The minimum Gasteiger partial charge on any atom is -0.485 e. The number of hydrazone groups is 1. The van der Waals surface area contributed by atoms with Crippen LogP contribution in [0.1, 0.15) is 39.5 Å². The first-order valence-corrected chi connectivity index (χ1v) is 13.7. The van der Waals surface area contributed by atoms with E-state index in [1.165, 1.54) is 0 Å². The molecule has 0 aliphatic carbocycles. The fourth-order valence-electron chi connectivity index (χ4n) is 4.21. The lowest BCUT2D eigenvalue weighted by molar-refractivity contribution is 0.0953. The second kappa shape index (κ2) is 14.3. The lowest BCUT2D eigenvalue weighted by Crippen LogP contribution is -2.20. The van der Waals surface area contributed by atoms with Crippen molar-refractivity contribution in [2.45, 2.75) is 26.7 Å². The molecule has 0 fully saturated rings. The first-order valence-electron chi connectivity index (χ1n) is 13.7. The smallest absolute Gasteiger partial charge is 0.271 e. The molecule has 6 nitrogen and oxygen atoms in total. The van der Waals surface area contributed by atoms with Crippen LogP contribution in [0, 0.1) is 0 Å². The van der Waals surface area contributed by atoms with Crippen molar-refractivity contribution in [2.24, 2.45) is 5.10 Å². The van der Waals surface area contributed by atoms with Gasteiger partial charge in [0.1, 0.15) is 19.8 Å². The van der Waals surface area contributed by atoms with Crippen LogP contribution in [-0.2, 0) is 19.8 Å². The molecule has 0 unspecified atom stereocenters. The summed E-state index contributed by atoms with van der Waals surface area (Å²) in [5.74, 6) is 0.823. The van der Waals surface area contributed by atoms with E-state index in [1.807, 2.05) is 128 Å². The number of hydrogen-bond donors (Lipinski definition) is 1. The lowest BCUT2D eigenvalue weighted by Gasteiger charge is -2.19. The Morgan fingerprint density at radius 2 is 0.976 bits per heavy atom. The molecule has 0 atom stereocenters. The van der Waals surface area contributed by atoms with Gasteiger partial charge >= 0.3 is 0 Å². The van der Waals surface area contributed by atoms with Gasteiger partial charge in [0.05, 0.1) is 5.71 Å². The first kappa shape index (κ1) is 28.2. The van der Waals surface area contributed by atoms with Gasteiger partial charge in [0.15, 0.2) is 11.5 Å². The van der Waals surface area contributed by atoms with Crippen LogP contribution in [0.3, 0.4) is 0 Å². The highest BCUT2D eigenvalue weighted by Crippen LogP contribution is 2.40. The second-order valence-corrected chi connectivity index (χ2v) is 9.63. The normalized spacial score (nSPS) is 11.0. The fraction of sp³-hybridized carbons (Fsp3) is 0.111. The Hall–Kier alpha value is -5.36. The van der Waals surface area contributed by atoms with Crippen molar-refractivity contribution < 1.29 is 19.0 Å². The number of nitrogens with zero attached hydrogens (tertiary/aromatic N) is 1. The molecule has 0 aromatic heterocycles. The van der Waals surface area contributed by atoms with E-state index in [2.05, 4.69) is 10.5 Å². The number of benzene rings is 5. The van der Waals surface area contributed by atoms with E-state index < -0.39 is 5.91 Å². The van der Waals surface area contributed by atoms with Gasteiger partial charge in [-0.15, -0.1) is 0 Å². The summed E-state index contributed by atoms with van der Waals surface area (Å²) in [6.45, 7) is 2.73. The van der Waals surface area contributed by atoms with E-state index in [9.17, 15) is 4.79 Å². The lowest BCUT2D eigenvalue weighted by atomic mass is 10.1. The Balaban J connectivity index is 1.47. The van der Waals surface area contributed by atoms with Crippen LogP contribution in [0.2, 0.25) is 0 Å². The third kappa shape index (κ3) is 7.86. The summed E-state index contributed by atoms with van der Waals surface area (Å²) in [6.07, 6.45) is 0. The Morgan fingerprint density at radius 3 is 1.43 bits per heavy atom. The number of nitrogens with one attached hydrogen (secondary N) is 1. The summed E-state index contributed by atoms with van der Waals surface area (Å²) in [5.41, 5.74) is 7.57. The fourth-order valence-corrected chi connectivity index (χ4v) is 4.21. The zero-order chi connectivity index (χ0) is 29.0. The Bertz CT molecular complexity index is 1540. The van der Waals surface area contributed by atoms with E-state index in [0.29, 0.717) is 35.1 Å². The quantitative estimate of drug-likeness (QED) is 0.127. The van der Waals surface area contributed by atoms with E-state index in [1.54, 1.807) is 12.1 Å². The Labute approximate surface area is 246 Å². The molecule has 6 heteroatoms. The van der Waals surface area contributed by atoms with Crippen LogP contribution in [0.25, 0.3) is 0 Å². The number of hydrogen-bond acceptors (Lipinski definition) is 5. The Morgan fingerprint density at radius 1 is 0.571 bits per heavy atom. The topological polar surface area (TPSA) is 69.2 Å². The standard InChI is InChI=1S/C36H32N2O4/c1-27(31-20-12-5-13-21-31)37-38-36(39)32-22-33(40-24-28-14-6-2-7-15-28)35(42-26-30-18-10-4-11-19-30)34(23-32)41-25-29-16-8-3-9-17-29/h2-23H,24-26H2,1H3,(H,38,39). The van der Waals surface area contributed by atoms with Gasteiger partial charge in [0.25, 0.3) is 5.91 Å². The van der Waals surface area contributed by atoms with Crippen LogP contribution >= 0.6 is 0 Å². The van der Waals surface area contributed by atoms with Gasteiger partial charge in [0, 0.05) is 5.56 Å². The number of carbonyl (C=O) groups excluding carboxylic acids is 1. The highest BCUT2D eigenvalue weighted by molar-refractivity contribution is 6.01. The zero-order valence-electron chi connectivity index (χ0n) is 23.4. The van der Waals surface area contributed by atoms with Crippen molar-refractivity contribution in [3.05, 3.63) is 161 Å². The van der Waals surface area contributed by atoms with Gasteiger partial charge in [-0.05, 0) is 41.3 Å². The molecule has 0 saturated carbocycles. The van der Waals surface area contributed by atoms with Crippen molar-refractivity contribution in [3.63, 3.8) is 0 Å². The van der Waals surface area contributed by atoms with E-state index in [4.69, 9.17) is 14.2 Å². The minimum atomic E-state index is -0.394. The van der Waals surface area contributed by atoms with Gasteiger partial charge in [-0.3, -0.25) is 4.79 Å². The number of carbonyl (C=O) groups is 1. The molecule has 0 spiro atoms. The molecule has 1 N–H and O–H groups in total. The van der Waals surface area contributed by atoms with Gasteiger partial charge in [-0.1, -0.05) is 121 Å². The average molecular weight is 557 g/mol. The summed E-state index contributed by atoms with van der Waals surface area (Å²) < 4.78 is 18.9. The highest BCUT2D eigenvalue weighted by Gasteiger charge is 2.20. The summed E-state index contributed by atoms with van der Waals surface area (Å²) >= 11 is 0. The van der Waals surface area contributed by atoms with Crippen molar-refractivity contribution in [1.29, 1.82) is 0 Å². The molecule has 5 aromatic rings. The zero-order valence-corrected chi connectivity index (χ0v) is 23.4. The van der Waals surface area contributed by atoms with Crippen molar-refractivity contribution in [2.75, 3.05) is 0 Å². The van der Waals surface area contributed by atoms with Crippen molar-refractivity contribution in [1.82, 2.24) is 5.43 Å². The molecule has 210 valence electrons. The van der Waals surface area contributed by atoms with E-state index in [-0.39, 0.29) is 13.2 Å². The van der Waals surface area contributed by atoms with Crippen molar-refractivity contribution >= 4 is 11.6 Å². The summed E-state index contributed by atoms with van der Waals surface area (Å²) in [4.78, 5) is 13.4. The van der Waals surface area contributed by atoms with Gasteiger partial charge in [-0.2, -0.15) is 5.10 Å². The summed E-state index contributed by atoms with van der Waals surface area (Å²) in [7, 11) is 0. The number of rotatable bonds is 12. The average Bonchev–Trinajstić information content (AvgIpc) is 3.06. The molecule has 0 radical (unpaired) electrons. The predicted molar refractivity (Wildman–Crippen MR) is 165 cm³/mol. The van der Waals surface area contributed by atoms with Crippen molar-refractivity contribution in [3.8, 4) is 17.2 Å². The van der Waals surface area contributed by atoms with Crippen LogP contribution in [0.15, 0.2) is 139 Å². The van der Waals surface area contributed by atoms with Crippen LogP contribution < -0.4 is 19.6 Å². The largest absolute Gasteiger partial charge is 0.485 e. The monoisotopic (exact) mass is 556 g/mol. The SMILES string of the molecule is CC(=NNC(=O)c1cc(OCc2ccccc2)c(OCc2ccccc2)c(OCc2ccccc2)c1)c1ccccc1. The number of ether oxygens (including phenoxy) is 3. The van der Waals surface area contributed by atoms with Gasteiger partial charge in [-0.25, -0.2) is 5.43 Å². The molecule has 1 amide bonds. The molecular formula is C36H32N2O4. The Kier molecular flexibility index (Phi) is 9.61. The third-order valence-electron chi connectivity index (χ3n) is 6.50. The molecule has 0 bridgehead atoms. The third-order valence-corrected chi connectivity index (χ3v) is 6.50. The van der Waals surface area contributed by atoms with Crippen LogP contribution in [0.4, 0.5) is 0 Å².